The molecule has 3 nitrogen and oxygen atoms in total. The van der Waals surface area contributed by atoms with Gasteiger partial charge in [0.1, 0.15) is 6.07 Å². The fourth-order valence-electron chi connectivity index (χ4n) is 1.49. The van der Waals surface area contributed by atoms with Crippen molar-refractivity contribution < 1.29 is 0 Å². The van der Waals surface area contributed by atoms with Crippen molar-refractivity contribution in [1.29, 1.82) is 5.26 Å². The van der Waals surface area contributed by atoms with E-state index in [1.165, 1.54) is 0 Å². The molecule has 0 fully saturated rings. The van der Waals surface area contributed by atoms with Crippen molar-refractivity contribution in [3.8, 4) is 6.07 Å². The normalized spacial score (nSPS) is 9.83. The molecule has 0 aliphatic heterocycles. The first kappa shape index (κ1) is 12.7. The number of nitrogens with two attached hydrogens (primary N) is 1. The molecule has 2 rings (SSSR count). The summed E-state index contributed by atoms with van der Waals surface area (Å²) in [5, 5.41) is 12.6. The van der Waals surface area contributed by atoms with Crippen molar-refractivity contribution in [1.82, 2.24) is 0 Å². The lowest BCUT2D eigenvalue weighted by Crippen LogP contribution is -1.95. The van der Waals surface area contributed by atoms with Crippen LogP contribution in [-0.2, 0) is 0 Å². The van der Waals surface area contributed by atoms with Crippen LogP contribution in [0.25, 0.3) is 0 Å². The number of halogens is 2. The molecule has 18 heavy (non-hydrogen) atoms. The Morgan fingerprint density at radius 3 is 2.61 bits per heavy atom. The van der Waals surface area contributed by atoms with E-state index >= 15 is 0 Å². The van der Waals surface area contributed by atoms with Crippen molar-refractivity contribution >= 4 is 44.6 Å². The van der Waals surface area contributed by atoms with Gasteiger partial charge in [0.15, 0.2) is 0 Å². The van der Waals surface area contributed by atoms with Gasteiger partial charge in [0.2, 0.25) is 0 Å². The fourth-order valence-corrected chi connectivity index (χ4v) is 2.21. The number of benzene rings is 2. The highest BCUT2D eigenvalue weighted by atomic mass is 79.9. The number of nitrogen functional groups attached to an aromatic ring is 1. The minimum atomic E-state index is 0.440. The molecule has 0 bridgehead atoms. The zero-order valence-electron chi connectivity index (χ0n) is 9.24. The minimum absolute atomic E-state index is 0.440. The number of hydrogen-bond donors (Lipinski definition) is 2. The van der Waals surface area contributed by atoms with Crippen LogP contribution in [0.4, 0.5) is 17.1 Å². The first-order chi connectivity index (χ1) is 8.60. The second-order valence-corrected chi connectivity index (χ2v) is 4.99. The molecule has 0 radical (unpaired) electrons. The summed E-state index contributed by atoms with van der Waals surface area (Å²) >= 11 is 9.45. The monoisotopic (exact) mass is 321 g/mol. The molecule has 90 valence electrons. The second kappa shape index (κ2) is 5.30. The fraction of sp³-hybridized carbons (Fsp3) is 0. The van der Waals surface area contributed by atoms with Crippen LogP contribution in [0.15, 0.2) is 40.9 Å². The predicted molar refractivity (Wildman–Crippen MR) is 78.0 cm³/mol. The van der Waals surface area contributed by atoms with Crippen molar-refractivity contribution in [2.75, 3.05) is 11.1 Å². The van der Waals surface area contributed by atoms with Crippen LogP contribution in [-0.4, -0.2) is 0 Å². The maximum atomic E-state index is 8.80. The van der Waals surface area contributed by atoms with E-state index in [2.05, 4.69) is 21.2 Å². The van der Waals surface area contributed by atoms with Gasteiger partial charge in [0, 0.05) is 10.2 Å². The van der Waals surface area contributed by atoms with Gasteiger partial charge in [-0.3, -0.25) is 0 Å². The van der Waals surface area contributed by atoms with E-state index in [0.717, 1.165) is 15.8 Å². The highest BCUT2D eigenvalue weighted by Crippen LogP contribution is 2.29. The van der Waals surface area contributed by atoms with Gasteiger partial charge in [0.25, 0.3) is 0 Å². The molecule has 5 heteroatoms. The van der Waals surface area contributed by atoms with Gasteiger partial charge in [-0.25, -0.2) is 0 Å². The molecule has 0 spiro atoms. The first-order valence-electron chi connectivity index (χ1n) is 5.12. The average Bonchev–Trinajstić information content (AvgIpc) is 2.33. The second-order valence-electron chi connectivity index (χ2n) is 3.66. The van der Waals surface area contributed by atoms with Crippen molar-refractivity contribution in [2.45, 2.75) is 0 Å². The van der Waals surface area contributed by atoms with Gasteiger partial charge in [-0.2, -0.15) is 5.26 Å². The molecule has 2 aromatic carbocycles. The summed E-state index contributed by atoms with van der Waals surface area (Å²) in [6.45, 7) is 0. The van der Waals surface area contributed by atoms with Gasteiger partial charge in [0.05, 0.1) is 22.0 Å². The maximum Gasteiger partial charge on any atom is 0.101 e. The molecule has 0 saturated heterocycles. The molecule has 0 aromatic heterocycles. The first-order valence-corrected chi connectivity index (χ1v) is 6.29. The molecule has 0 aliphatic carbocycles. The van der Waals surface area contributed by atoms with Crippen LogP contribution >= 0.6 is 27.5 Å². The predicted octanol–water partition coefficient (Wildman–Crippen LogP) is 4.30. The Morgan fingerprint density at radius 1 is 1.22 bits per heavy atom. The van der Waals surface area contributed by atoms with Gasteiger partial charge in [-0.1, -0.05) is 27.5 Å². The van der Waals surface area contributed by atoms with E-state index in [1.807, 2.05) is 18.2 Å². The summed E-state index contributed by atoms with van der Waals surface area (Å²) in [6, 6.07) is 12.7. The van der Waals surface area contributed by atoms with E-state index in [1.54, 1.807) is 24.3 Å². The zero-order valence-corrected chi connectivity index (χ0v) is 11.6. The standard InChI is InChI=1S/C13H9BrClN3/c14-9-2-4-13(11(15)5-9)18-10-3-1-8(7-16)12(17)6-10/h1-6,18H,17H2. The quantitative estimate of drug-likeness (QED) is 0.810. The summed E-state index contributed by atoms with van der Waals surface area (Å²) in [4.78, 5) is 0. The highest BCUT2D eigenvalue weighted by molar-refractivity contribution is 9.10. The summed E-state index contributed by atoms with van der Waals surface area (Å²) in [6.07, 6.45) is 0. The lowest BCUT2D eigenvalue weighted by atomic mass is 10.2. The number of nitrogens with zero attached hydrogens (tertiary/aromatic N) is 1. The van der Waals surface area contributed by atoms with Crippen molar-refractivity contribution in [3.05, 3.63) is 51.5 Å². The minimum Gasteiger partial charge on any atom is -0.398 e. The Kier molecular flexibility index (Phi) is 3.75. The van der Waals surface area contributed by atoms with Crippen LogP contribution in [0.2, 0.25) is 5.02 Å². The smallest absolute Gasteiger partial charge is 0.101 e. The third kappa shape index (κ3) is 2.76. The molecular weight excluding hydrogens is 314 g/mol. The van der Waals surface area contributed by atoms with Crippen molar-refractivity contribution in [3.63, 3.8) is 0 Å². The Hall–Kier alpha value is -1.70. The van der Waals surface area contributed by atoms with E-state index in [4.69, 9.17) is 22.6 Å². The molecule has 2 aromatic rings. The molecule has 0 heterocycles. The molecule has 0 atom stereocenters. The van der Waals surface area contributed by atoms with Gasteiger partial charge in [-0.05, 0) is 36.4 Å². The molecule has 0 aliphatic rings. The lowest BCUT2D eigenvalue weighted by Gasteiger charge is -2.09. The van der Waals surface area contributed by atoms with Crippen LogP contribution < -0.4 is 11.1 Å². The van der Waals surface area contributed by atoms with Gasteiger partial charge >= 0.3 is 0 Å². The number of nitrogens with one attached hydrogen (secondary N) is 1. The van der Waals surface area contributed by atoms with Gasteiger partial charge in [-0.15, -0.1) is 0 Å². The highest BCUT2D eigenvalue weighted by Gasteiger charge is 2.03. The SMILES string of the molecule is N#Cc1ccc(Nc2ccc(Br)cc2Cl)cc1N. The van der Waals surface area contributed by atoms with Crippen LogP contribution in [0.1, 0.15) is 5.56 Å². The average molecular weight is 323 g/mol. The van der Waals surface area contributed by atoms with Gasteiger partial charge < -0.3 is 11.1 Å². The largest absolute Gasteiger partial charge is 0.398 e. The topological polar surface area (TPSA) is 61.8 Å². The summed E-state index contributed by atoms with van der Waals surface area (Å²) in [5.41, 5.74) is 8.21. The van der Waals surface area contributed by atoms with E-state index < -0.39 is 0 Å². The number of rotatable bonds is 2. The van der Waals surface area contributed by atoms with Crippen LogP contribution in [0, 0.1) is 11.3 Å². The third-order valence-electron chi connectivity index (χ3n) is 2.38. The number of anilines is 3. The summed E-state index contributed by atoms with van der Waals surface area (Å²) in [7, 11) is 0. The Labute approximate surface area is 118 Å². The number of nitriles is 1. The molecule has 0 saturated carbocycles. The molecular formula is C13H9BrClN3. The Balaban J connectivity index is 2.29. The van der Waals surface area contributed by atoms with E-state index in [0.29, 0.717) is 16.3 Å². The Bertz CT molecular complexity index is 635. The van der Waals surface area contributed by atoms with E-state index in [-0.39, 0.29) is 0 Å². The van der Waals surface area contributed by atoms with E-state index in [9.17, 15) is 0 Å². The number of hydrogen-bond acceptors (Lipinski definition) is 3. The Morgan fingerprint density at radius 2 is 2.00 bits per heavy atom. The molecule has 0 unspecified atom stereocenters. The summed E-state index contributed by atoms with van der Waals surface area (Å²) < 4.78 is 0.914. The molecule has 0 amide bonds. The zero-order chi connectivity index (χ0) is 13.1. The summed E-state index contributed by atoms with van der Waals surface area (Å²) in [5.74, 6) is 0. The lowest BCUT2D eigenvalue weighted by molar-refractivity contribution is 1.47. The maximum absolute atomic E-state index is 8.80. The van der Waals surface area contributed by atoms with Crippen LogP contribution in [0.3, 0.4) is 0 Å². The van der Waals surface area contributed by atoms with Crippen molar-refractivity contribution in [2.24, 2.45) is 0 Å². The third-order valence-corrected chi connectivity index (χ3v) is 3.19. The molecule has 3 N–H and O–H groups in total. The van der Waals surface area contributed by atoms with Crippen LogP contribution in [0.5, 0.6) is 0 Å².